The smallest absolute Gasteiger partial charge is 0.303 e. The molecule has 27 N–H and O–H groups in total. The van der Waals surface area contributed by atoms with Crippen molar-refractivity contribution in [2.75, 3.05) is 66.8 Å². The maximum absolute atomic E-state index is 12.3. The first-order valence-electron chi connectivity index (χ1n) is 44.2. The maximum atomic E-state index is 12.3. The van der Waals surface area contributed by atoms with E-state index in [0.29, 0.717) is 129 Å². The number of carbonyl (C=O) groups excluding carboxylic acids is 5. The highest BCUT2D eigenvalue weighted by Gasteiger charge is 2.57. The largest absolute Gasteiger partial charge is 0.481 e. The molecule has 6 fully saturated rings. The van der Waals surface area contributed by atoms with Gasteiger partial charge in [0.2, 0.25) is 11.8 Å². The number of rotatable bonds is 55. The van der Waals surface area contributed by atoms with Crippen LogP contribution in [0.25, 0.3) is 0 Å². The lowest BCUT2D eigenvalue weighted by molar-refractivity contribution is -0.390. The van der Waals surface area contributed by atoms with Crippen LogP contribution in [0.5, 0.6) is 0 Å². The minimum absolute atomic E-state index is 0.0320. The highest BCUT2D eigenvalue weighted by molar-refractivity contribution is 5.79. The van der Waals surface area contributed by atoms with Gasteiger partial charge in [-0.3, -0.25) is 38.4 Å². The number of aliphatic carboxylic acids is 3. The molecule has 6 heterocycles. The van der Waals surface area contributed by atoms with Gasteiger partial charge in [-0.05, 0) is 104 Å². The van der Waals surface area contributed by atoms with E-state index >= 15 is 0 Å². The number of aliphatic hydroxyl groups is 18. The van der Waals surface area contributed by atoms with E-state index in [1.165, 1.54) is 20.9 Å². The summed E-state index contributed by atoms with van der Waals surface area (Å²) in [5, 5.41) is 216. The quantitative estimate of drug-likeness (QED) is 0.0255. The molecule has 45 nitrogen and oxygen atoms in total. The van der Waals surface area contributed by atoms with Gasteiger partial charge in [0.25, 0.3) is 0 Å². The summed E-state index contributed by atoms with van der Waals surface area (Å²) in [5.74, 6) is -2.08. The predicted molar refractivity (Wildman–Crippen MR) is 440 cm³/mol. The first-order chi connectivity index (χ1) is 60.5. The second-order valence-electron chi connectivity index (χ2n) is 31.9. The summed E-state index contributed by atoms with van der Waals surface area (Å²) in [6.07, 6.45) is -28.2. The second-order valence-corrected chi connectivity index (χ2v) is 31.9. The predicted octanol–water partition coefficient (Wildman–Crippen LogP) is -4.60. The zero-order valence-corrected chi connectivity index (χ0v) is 73.6. The van der Waals surface area contributed by atoms with Gasteiger partial charge in [0.05, 0.1) is 38.6 Å². The Morgan fingerprint density at radius 3 is 0.929 bits per heavy atom. The fraction of sp³-hybridized carbons (Fsp3) is 0.902. The van der Waals surface area contributed by atoms with Crippen molar-refractivity contribution in [2.45, 2.75) is 404 Å². The maximum Gasteiger partial charge on any atom is 0.303 e. The first kappa shape index (κ1) is 118. The van der Waals surface area contributed by atoms with Crippen LogP contribution in [0.4, 0.5) is 0 Å². The van der Waals surface area contributed by atoms with E-state index in [1.54, 1.807) is 7.05 Å². The Bertz CT molecular complexity index is 2980. The van der Waals surface area contributed by atoms with E-state index in [0.717, 1.165) is 64.2 Å². The third-order valence-electron chi connectivity index (χ3n) is 21.8. The lowest BCUT2D eigenvalue weighted by atomic mass is 9.96. The number of Topliss-reactive ketones (excluding diaryl/α,β-unsaturated/α-hetero) is 3. The van der Waals surface area contributed by atoms with E-state index in [2.05, 4.69) is 16.4 Å². The number of carboxylic acids is 3. The van der Waals surface area contributed by atoms with Gasteiger partial charge >= 0.3 is 17.9 Å². The lowest BCUT2D eigenvalue weighted by Crippen LogP contribution is -2.67. The average molecular weight is 1850 g/mol. The number of amides is 2. The number of carbonyl (C=O) groups is 8. The van der Waals surface area contributed by atoms with Gasteiger partial charge in [-0.15, -0.1) is 0 Å². The Morgan fingerprint density at radius 1 is 0.307 bits per heavy atom. The van der Waals surface area contributed by atoms with Gasteiger partial charge in [-0.25, -0.2) is 0 Å². The summed E-state index contributed by atoms with van der Waals surface area (Å²) < 4.78 is 69.4. The Hall–Kier alpha value is -4.92. The summed E-state index contributed by atoms with van der Waals surface area (Å²) in [4.78, 5) is 87.7. The molecule has 30 atom stereocenters. The third-order valence-corrected chi connectivity index (χ3v) is 21.8. The summed E-state index contributed by atoms with van der Waals surface area (Å²) in [6, 6.07) is 0. The highest BCUT2D eigenvalue weighted by atomic mass is 16.8. The van der Waals surface area contributed by atoms with Crippen LogP contribution in [0.1, 0.15) is 220 Å². The van der Waals surface area contributed by atoms with E-state index in [-0.39, 0.29) is 61.6 Å². The monoisotopic (exact) mass is 1850 g/mol. The molecule has 6 saturated heterocycles. The summed E-state index contributed by atoms with van der Waals surface area (Å²) in [5.41, 5.74) is 9.94. The van der Waals surface area contributed by atoms with Crippen LogP contribution in [-0.4, -0.2) is 405 Å². The summed E-state index contributed by atoms with van der Waals surface area (Å²) >= 11 is 0. The molecule has 744 valence electrons. The highest BCUT2D eigenvalue weighted by Crippen LogP contribution is 2.37. The Kier molecular flexibility index (Phi) is 61.8. The molecule has 0 aromatic rings. The van der Waals surface area contributed by atoms with Gasteiger partial charge < -0.3 is 186 Å². The average Bonchev–Trinajstić information content (AvgIpc) is 0.776. The van der Waals surface area contributed by atoms with Crippen molar-refractivity contribution < 1.29 is 202 Å². The molecule has 6 aliphatic heterocycles. The SMILES string of the molecule is CC1O[C@@H](OC2[C@H](OCCCCCCCCC(=O)CCCN)OC(CO)[C@H](O)[C@@H]2O[C@H]2OC(CO)[C@H](O)[C@H](O)C2O)C(O)[C@@H](O)[C@@H]1O.CCC(=O)CCCCC(=O)NCCCC(=O)CCCCCCCCO[C@@H]1OC(CO)[C@H](O)[C@H](O[C@H]2OC(CO)[C@H](O)[C@H](O)C2O)C1O[C@@H]1OC(C)[C@@H](O)[C@H](O)C1O.CN.CNC(=O)CCCCC(=O)O.O=C(O)CCCCC(=O)O. The number of hydrogen-bond donors (Lipinski definition) is 25. The van der Waals surface area contributed by atoms with Gasteiger partial charge in [0.1, 0.15) is 152 Å². The van der Waals surface area contributed by atoms with Gasteiger partial charge in [-0.1, -0.05) is 58.3 Å². The summed E-state index contributed by atoms with van der Waals surface area (Å²) in [6.45, 7) is 2.99. The summed E-state index contributed by atoms with van der Waals surface area (Å²) in [7, 11) is 3.07. The fourth-order valence-corrected chi connectivity index (χ4v) is 14.0. The van der Waals surface area contributed by atoms with E-state index in [4.69, 9.17) is 77.9 Å². The van der Waals surface area contributed by atoms with Gasteiger partial charge in [0, 0.05) is 97.4 Å². The molecule has 2 amide bonds. The van der Waals surface area contributed by atoms with Crippen LogP contribution in [-0.2, 0) is 95.2 Å². The molecular weight excluding hydrogens is 1700 g/mol. The van der Waals surface area contributed by atoms with Crippen molar-refractivity contribution in [3.63, 3.8) is 0 Å². The number of ether oxygens (including phenoxy) is 12. The van der Waals surface area contributed by atoms with E-state index in [9.17, 15) is 130 Å². The van der Waals surface area contributed by atoms with Crippen molar-refractivity contribution >= 4 is 47.1 Å². The van der Waals surface area contributed by atoms with Crippen molar-refractivity contribution in [3.05, 3.63) is 0 Å². The normalized spacial score (nSPS) is 32.9. The molecule has 0 spiro atoms. The number of nitrogens with one attached hydrogen (secondary N) is 2. The first-order valence-corrected chi connectivity index (χ1v) is 44.2. The molecule has 0 bridgehead atoms. The molecule has 12 unspecified atom stereocenters. The minimum Gasteiger partial charge on any atom is -0.481 e. The number of nitrogens with two attached hydrogens (primary N) is 2. The zero-order chi connectivity index (χ0) is 95.4. The third kappa shape index (κ3) is 43.3. The molecule has 127 heavy (non-hydrogen) atoms. The molecule has 0 aromatic heterocycles. The molecule has 0 aliphatic carbocycles. The number of aliphatic hydroxyl groups excluding tert-OH is 18. The number of unbranched alkanes of at least 4 members (excludes halogenated alkanes) is 13. The van der Waals surface area contributed by atoms with Crippen LogP contribution < -0.4 is 22.1 Å². The molecule has 0 saturated carbocycles. The van der Waals surface area contributed by atoms with Crippen molar-refractivity contribution in [1.29, 1.82) is 0 Å². The van der Waals surface area contributed by atoms with Gasteiger partial charge in [0.15, 0.2) is 37.7 Å². The standard InChI is InChI=1S/C38H67NO18.C30H55NO16.C7H13NO3.C6H10O4.CH5N/c1-3-22(42)13-9-10-16-26(44)39-17-12-15-23(43)14-8-6-4-5-7-11-18-52-38-35(57-36-32(50)30(48)27(45)21(2)53-36)34(29(47)25(20-41)55-38)56-37-33(51)31(49)28(46)24(19-40)54-37;1-15-19(35)22(38)24(40)28(43-15)47-27-26(46-29-25(41)23(39)20(36)17(13-32)44-29)21(37)18(14-33)45-30(27)42-12-7-5-3-2-4-6-9-16(34)10-8-11-31;1-8-6(9)4-2-3-5-7(10)11;7-5(8)3-1-2-4-6(9)10;1-2/h21,24-25,27-38,40-41,45-51H,3-20H2,1-2H3,(H,39,44);15,17-30,32-33,35-41H,2-14,31H2,1H3;2-5H2,1H3,(H,8,9)(H,10,11);1-4H2,(H,7,8)(H,9,10);2H2,1H3/t21?,24?,25?,27-,28+,29+,30+,31+,32?,33?,34+,35?,36+,37-,38-;15?,17?,18?,19-,20+,21+,22+,23+,24?,25?,26+,27?,28+,29-,30-;;;/m11.../s1. The second kappa shape index (κ2) is 66.5. The molecule has 6 rings (SSSR count). The van der Waals surface area contributed by atoms with E-state index < -0.39 is 229 Å². The van der Waals surface area contributed by atoms with Crippen LogP contribution >= 0.6 is 0 Å². The Morgan fingerprint density at radius 2 is 0.583 bits per heavy atom. The lowest BCUT2D eigenvalue weighted by Gasteiger charge is -2.48. The van der Waals surface area contributed by atoms with E-state index in [1.807, 2.05) is 6.92 Å². The van der Waals surface area contributed by atoms with Crippen LogP contribution in [0.3, 0.4) is 0 Å². The van der Waals surface area contributed by atoms with Crippen molar-refractivity contribution in [2.24, 2.45) is 11.5 Å². The van der Waals surface area contributed by atoms with Gasteiger partial charge in [-0.2, -0.15) is 0 Å². The topological polar surface area (TPSA) is 748 Å². The minimum atomic E-state index is -1.86. The van der Waals surface area contributed by atoms with Crippen molar-refractivity contribution in [3.8, 4) is 0 Å². The molecule has 0 aromatic carbocycles. The van der Waals surface area contributed by atoms with Crippen molar-refractivity contribution in [1.82, 2.24) is 10.6 Å². The van der Waals surface area contributed by atoms with Crippen LogP contribution in [0.2, 0.25) is 0 Å². The number of hydrogen-bond acceptors (Lipinski definition) is 40. The zero-order valence-electron chi connectivity index (χ0n) is 73.6. The molecule has 6 aliphatic rings. The molecule has 0 radical (unpaired) electrons. The fourth-order valence-electron chi connectivity index (χ4n) is 14.0. The Labute approximate surface area is 739 Å². The number of carboxylic acid groups (broad SMARTS) is 3. The molecule has 45 heteroatoms. The van der Waals surface area contributed by atoms with Crippen LogP contribution in [0, 0.1) is 0 Å². The molecular formula is C82H150N4O41. The number of ketones is 3. The van der Waals surface area contributed by atoms with Crippen LogP contribution in [0.15, 0.2) is 0 Å². The Balaban J connectivity index is 0.000000694.